The second-order valence-corrected chi connectivity index (χ2v) is 6.17. The molecule has 3 heterocycles. The van der Waals surface area contributed by atoms with Crippen molar-refractivity contribution >= 4 is 34.4 Å². The quantitative estimate of drug-likeness (QED) is 0.583. The highest BCUT2D eigenvalue weighted by Crippen LogP contribution is 2.35. The van der Waals surface area contributed by atoms with E-state index in [0.29, 0.717) is 16.7 Å². The van der Waals surface area contributed by atoms with Crippen molar-refractivity contribution in [3.8, 4) is 0 Å². The van der Waals surface area contributed by atoms with E-state index >= 15 is 0 Å². The Morgan fingerprint density at radius 3 is 3.00 bits per heavy atom. The van der Waals surface area contributed by atoms with Gasteiger partial charge in [0.1, 0.15) is 5.03 Å². The van der Waals surface area contributed by atoms with Gasteiger partial charge < -0.3 is 0 Å². The minimum absolute atomic E-state index is 0.175. The van der Waals surface area contributed by atoms with Crippen LogP contribution in [0.3, 0.4) is 0 Å². The summed E-state index contributed by atoms with van der Waals surface area (Å²) in [4.78, 5) is 8.35. The van der Waals surface area contributed by atoms with Crippen molar-refractivity contribution in [3.63, 3.8) is 0 Å². The Morgan fingerprint density at radius 1 is 1.29 bits per heavy atom. The second kappa shape index (κ2) is 5.23. The third-order valence-electron chi connectivity index (χ3n) is 3.57. The molecule has 21 heavy (non-hydrogen) atoms. The van der Waals surface area contributed by atoms with E-state index in [1.165, 1.54) is 24.6 Å². The first kappa shape index (κ1) is 13.0. The number of hydrogen-bond acceptors (Lipinski definition) is 7. The summed E-state index contributed by atoms with van der Waals surface area (Å²) in [6, 6.07) is 0.375. The van der Waals surface area contributed by atoms with Crippen molar-refractivity contribution in [3.05, 3.63) is 11.5 Å². The van der Waals surface area contributed by atoms with Crippen molar-refractivity contribution in [2.24, 2.45) is 0 Å². The number of rotatable bonds is 3. The molecule has 0 saturated heterocycles. The number of halogens is 1. The van der Waals surface area contributed by atoms with Gasteiger partial charge in [-0.3, -0.25) is 5.10 Å². The van der Waals surface area contributed by atoms with Gasteiger partial charge in [0.2, 0.25) is 10.4 Å². The number of fused-ring (bicyclic) bond motifs is 1. The SMILES string of the molecule is Clc1nc(Sc2nnnn2C2CCCC2)c2cn[nH]c2n1. The van der Waals surface area contributed by atoms with Crippen LogP contribution in [0.2, 0.25) is 5.28 Å². The van der Waals surface area contributed by atoms with Crippen LogP contribution in [0.25, 0.3) is 11.0 Å². The molecule has 0 bridgehead atoms. The van der Waals surface area contributed by atoms with Gasteiger partial charge in [-0.1, -0.05) is 12.8 Å². The maximum Gasteiger partial charge on any atom is 0.225 e. The van der Waals surface area contributed by atoms with Crippen LogP contribution in [0.4, 0.5) is 0 Å². The Hall–Kier alpha value is -1.74. The number of aromatic amines is 1. The summed E-state index contributed by atoms with van der Waals surface area (Å²) in [5.41, 5.74) is 0.609. The van der Waals surface area contributed by atoms with Gasteiger partial charge in [-0.05, 0) is 46.6 Å². The van der Waals surface area contributed by atoms with Crippen LogP contribution in [0.1, 0.15) is 31.7 Å². The van der Waals surface area contributed by atoms with Gasteiger partial charge in [0, 0.05) is 0 Å². The van der Waals surface area contributed by atoms with Gasteiger partial charge in [0.05, 0.1) is 17.6 Å². The minimum Gasteiger partial charge on any atom is -0.261 e. The molecule has 1 N–H and O–H groups in total. The molecule has 108 valence electrons. The molecule has 1 aliphatic carbocycles. The van der Waals surface area contributed by atoms with Crippen LogP contribution in [0.15, 0.2) is 16.4 Å². The third-order valence-corrected chi connectivity index (χ3v) is 4.69. The lowest BCUT2D eigenvalue weighted by atomic mass is 10.3. The zero-order valence-electron chi connectivity index (χ0n) is 10.9. The lowest BCUT2D eigenvalue weighted by molar-refractivity contribution is 0.423. The molecule has 0 aromatic carbocycles. The number of H-pyrrole nitrogens is 1. The fraction of sp³-hybridized carbons (Fsp3) is 0.455. The first-order valence-electron chi connectivity index (χ1n) is 6.63. The molecule has 0 atom stereocenters. The smallest absolute Gasteiger partial charge is 0.225 e. The number of tetrazole rings is 1. The lowest BCUT2D eigenvalue weighted by Crippen LogP contribution is -2.08. The number of nitrogens with zero attached hydrogens (tertiary/aromatic N) is 7. The molecule has 3 aromatic heterocycles. The molecule has 8 nitrogen and oxygen atoms in total. The van der Waals surface area contributed by atoms with Gasteiger partial charge in [-0.2, -0.15) is 10.1 Å². The zero-order chi connectivity index (χ0) is 14.2. The molecule has 0 aliphatic heterocycles. The largest absolute Gasteiger partial charge is 0.261 e. The molecule has 0 amide bonds. The molecule has 1 saturated carbocycles. The van der Waals surface area contributed by atoms with E-state index < -0.39 is 0 Å². The first-order valence-corrected chi connectivity index (χ1v) is 7.83. The van der Waals surface area contributed by atoms with Gasteiger partial charge in [-0.25, -0.2) is 9.67 Å². The maximum absolute atomic E-state index is 5.95. The summed E-state index contributed by atoms with van der Waals surface area (Å²) in [7, 11) is 0. The fourth-order valence-corrected chi connectivity index (χ4v) is 3.72. The number of aromatic nitrogens is 8. The Morgan fingerprint density at radius 2 is 2.14 bits per heavy atom. The Labute approximate surface area is 128 Å². The van der Waals surface area contributed by atoms with Crippen molar-refractivity contribution < 1.29 is 0 Å². The van der Waals surface area contributed by atoms with Crippen LogP contribution >= 0.6 is 23.4 Å². The van der Waals surface area contributed by atoms with Crippen molar-refractivity contribution in [2.75, 3.05) is 0 Å². The van der Waals surface area contributed by atoms with Crippen LogP contribution in [0.5, 0.6) is 0 Å². The van der Waals surface area contributed by atoms with Crippen molar-refractivity contribution in [1.82, 2.24) is 40.4 Å². The Bertz CT molecular complexity index is 777. The molecule has 0 unspecified atom stereocenters. The van der Waals surface area contributed by atoms with E-state index in [2.05, 4.69) is 35.7 Å². The number of nitrogens with one attached hydrogen (secondary N) is 1. The highest BCUT2D eigenvalue weighted by molar-refractivity contribution is 7.99. The van der Waals surface area contributed by atoms with Gasteiger partial charge in [0.25, 0.3) is 0 Å². The summed E-state index contributed by atoms with van der Waals surface area (Å²) < 4.78 is 1.89. The van der Waals surface area contributed by atoms with E-state index in [1.807, 2.05) is 4.68 Å². The van der Waals surface area contributed by atoms with Crippen LogP contribution in [0, 0.1) is 0 Å². The normalized spacial score (nSPS) is 16.0. The molecule has 3 aromatic rings. The summed E-state index contributed by atoms with van der Waals surface area (Å²) in [5, 5.41) is 21.2. The molecule has 1 aliphatic rings. The Kier molecular flexibility index (Phi) is 3.23. The predicted octanol–water partition coefficient (Wildman–Crippen LogP) is 2.26. The average molecular weight is 323 g/mol. The highest BCUT2D eigenvalue weighted by atomic mass is 35.5. The van der Waals surface area contributed by atoms with Gasteiger partial charge in [-0.15, -0.1) is 5.10 Å². The van der Waals surface area contributed by atoms with E-state index in [1.54, 1.807) is 6.20 Å². The van der Waals surface area contributed by atoms with E-state index in [4.69, 9.17) is 11.6 Å². The maximum atomic E-state index is 5.95. The molecule has 0 spiro atoms. The molecule has 10 heteroatoms. The van der Waals surface area contributed by atoms with E-state index in [-0.39, 0.29) is 5.28 Å². The lowest BCUT2D eigenvalue weighted by Gasteiger charge is -2.10. The van der Waals surface area contributed by atoms with Crippen LogP contribution in [-0.2, 0) is 0 Å². The summed E-state index contributed by atoms with van der Waals surface area (Å²) in [6.07, 6.45) is 6.35. The predicted molar refractivity (Wildman–Crippen MR) is 76.1 cm³/mol. The standard InChI is InChI=1S/C11H11ClN8S/c12-10-14-8-7(5-13-16-8)9(15-10)21-11-17-18-19-20(11)6-3-1-2-4-6/h5-6H,1-4H2,(H,13,14,15,16). The topological polar surface area (TPSA) is 98.1 Å². The molecule has 0 radical (unpaired) electrons. The second-order valence-electron chi connectivity index (χ2n) is 4.88. The van der Waals surface area contributed by atoms with E-state index in [0.717, 1.165) is 23.4 Å². The monoisotopic (exact) mass is 322 g/mol. The highest BCUT2D eigenvalue weighted by Gasteiger charge is 2.23. The average Bonchev–Trinajstić information content (AvgIpc) is 3.18. The molecular formula is C11H11ClN8S. The molecule has 1 fully saturated rings. The van der Waals surface area contributed by atoms with Crippen LogP contribution in [-0.4, -0.2) is 40.4 Å². The van der Waals surface area contributed by atoms with Crippen molar-refractivity contribution in [2.45, 2.75) is 41.9 Å². The fourth-order valence-electron chi connectivity index (χ4n) is 2.58. The minimum atomic E-state index is 0.175. The summed E-state index contributed by atoms with van der Waals surface area (Å²) >= 11 is 7.33. The first-order chi connectivity index (χ1) is 10.3. The Balaban J connectivity index is 1.72. The zero-order valence-corrected chi connectivity index (χ0v) is 12.5. The number of hydrogen-bond donors (Lipinski definition) is 1. The molecule has 4 rings (SSSR count). The van der Waals surface area contributed by atoms with Gasteiger partial charge in [0.15, 0.2) is 5.65 Å². The summed E-state index contributed by atoms with van der Waals surface area (Å²) in [5.74, 6) is 0. The third kappa shape index (κ3) is 2.36. The molecular weight excluding hydrogens is 312 g/mol. The van der Waals surface area contributed by atoms with Crippen molar-refractivity contribution in [1.29, 1.82) is 0 Å². The van der Waals surface area contributed by atoms with Crippen LogP contribution < -0.4 is 0 Å². The van der Waals surface area contributed by atoms with E-state index in [9.17, 15) is 0 Å². The van der Waals surface area contributed by atoms with Gasteiger partial charge >= 0.3 is 0 Å². The summed E-state index contributed by atoms with van der Waals surface area (Å²) in [6.45, 7) is 0.